The van der Waals surface area contributed by atoms with Gasteiger partial charge in [-0.25, -0.2) is 30.0 Å². The molecule has 1 aromatic heterocycles. The molecule has 5 rings (SSSR count). The summed E-state index contributed by atoms with van der Waals surface area (Å²) < 4.78 is 134. The molecule has 0 aliphatic rings. The number of anilines is 1. The first kappa shape index (κ1) is 32.6. The number of benzene rings is 4. The van der Waals surface area contributed by atoms with Crippen LogP contribution in [0.5, 0.6) is 0 Å². The number of alkyl halides is 3. The van der Waals surface area contributed by atoms with E-state index in [1.54, 1.807) is 12.1 Å². The van der Waals surface area contributed by atoms with E-state index in [2.05, 4.69) is 16.9 Å². The molecule has 0 bridgehead atoms. The topological polar surface area (TPSA) is 89.3 Å². The molecule has 0 aliphatic carbocycles. The molecule has 4 aromatic carbocycles. The van der Waals surface area contributed by atoms with Crippen LogP contribution in [0.4, 0.5) is 32.0 Å². The van der Waals surface area contributed by atoms with E-state index in [0.29, 0.717) is 17.7 Å². The Labute approximate surface area is 259 Å². The van der Waals surface area contributed by atoms with Gasteiger partial charge in [-0.15, -0.1) is 0 Å². The zero-order chi connectivity index (χ0) is 33.6. The number of hydrogen-bond donors (Lipinski definition) is 0. The fourth-order valence-corrected chi connectivity index (χ4v) is 7.85. The van der Waals surface area contributed by atoms with Crippen LogP contribution in [-0.2, 0) is 32.8 Å². The highest BCUT2D eigenvalue weighted by molar-refractivity contribution is 8.09. The van der Waals surface area contributed by atoms with Crippen molar-refractivity contribution >= 4 is 36.6 Å². The van der Waals surface area contributed by atoms with E-state index in [4.69, 9.17) is 0 Å². The van der Waals surface area contributed by atoms with Crippen LogP contribution < -0.4 is 3.71 Å². The van der Waals surface area contributed by atoms with Crippen LogP contribution in [-0.4, -0.2) is 39.1 Å². The lowest BCUT2D eigenvalue weighted by atomic mass is 10.0. The molecular formula is C31H21F6N3O4S2. The summed E-state index contributed by atoms with van der Waals surface area (Å²) in [6.45, 7) is -0.668. The van der Waals surface area contributed by atoms with Crippen molar-refractivity contribution in [3.8, 4) is 23.1 Å². The van der Waals surface area contributed by atoms with E-state index in [1.807, 2.05) is 0 Å². The van der Waals surface area contributed by atoms with Crippen molar-refractivity contribution in [2.45, 2.75) is 12.7 Å². The summed E-state index contributed by atoms with van der Waals surface area (Å²) in [4.78, 5) is 0. The second-order valence-electron chi connectivity index (χ2n) is 10.2. The maximum Gasteiger partial charge on any atom is 0.418 e. The van der Waals surface area contributed by atoms with E-state index in [1.165, 1.54) is 48.5 Å². The highest BCUT2D eigenvalue weighted by atomic mass is 32.3. The molecule has 46 heavy (non-hydrogen) atoms. The molecule has 238 valence electrons. The van der Waals surface area contributed by atoms with Crippen LogP contribution >= 0.6 is 0 Å². The summed E-state index contributed by atoms with van der Waals surface area (Å²) in [5, 5.41) is 4.10. The Morgan fingerprint density at radius 1 is 0.783 bits per heavy atom. The van der Waals surface area contributed by atoms with Gasteiger partial charge in [0.05, 0.1) is 36.0 Å². The molecule has 0 spiro atoms. The van der Waals surface area contributed by atoms with Crippen molar-refractivity contribution in [2.24, 2.45) is 0 Å². The SMILES string of the molecule is CS(=O)(=O)N(c1cccc(C#Cc2cccc(-c3c4cccc(C(F)(F)F)c4nn3Cc3c(F)cc(F)cc3F)c2)c1)S(C)(=O)=O. The van der Waals surface area contributed by atoms with Crippen molar-refractivity contribution in [1.29, 1.82) is 0 Å². The number of halogens is 6. The molecule has 0 saturated carbocycles. The maximum atomic E-state index is 14.6. The normalized spacial score (nSPS) is 12.2. The lowest BCUT2D eigenvalue weighted by Gasteiger charge is -2.19. The van der Waals surface area contributed by atoms with Crippen LogP contribution in [0, 0.1) is 29.3 Å². The smallest absolute Gasteiger partial charge is 0.259 e. The number of nitrogens with zero attached hydrogens (tertiary/aromatic N) is 3. The Hall–Kier alpha value is -4.81. The molecular weight excluding hydrogens is 656 g/mol. The van der Waals surface area contributed by atoms with E-state index < -0.39 is 66.9 Å². The monoisotopic (exact) mass is 677 g/mol. The zero-order valence-electron chi connectivity index (χ0n) is 23.8. The van der Waals surface area contributed by atoms with Crippen LogP contribution in [0.15, 0.2) is 78.9 Å². The third-order valence-corrected chi connectivity index (χ3v) is 9.89. The van der Waals surface area contributed by atoms with Crippen molar-refractivity contribution in [1.82, 2.24) is 9.78 Å². The average molecular weight is 678 g/mol. The van der Waals surface area contributed by atoms with Gasteiger partial charge in [0.2, 0.25) is 20.0 Å². The van der Waals surface area contributed by atoms with Gasteiger partial charge < -0.3 is 0 Å². The number of aromatic nitrogens is 2. The van der Waals surface area contributed by atoms with Crippen molar-refractivity contribution in [3.63, 3.8) is 0 Å². The molecule has 0 unspecified atom stereocenters. The Kier molecular flexibility index (Phi) is 8.39. The van der Waals surface area contributed by atoms with Gasteiger partial charge in [-0.3, -0.25) is 4.68 Å². The van der Waals surface area contributed by atoms with Crippen LogP contribution in [0.25, 0.3) is 22.2 Å². The summed E-state index contributed by atoms with van der Waals surface area (Å²) in [7, 11) is -8.40. The first-order chi connectivity index (χ1) is 21.4. The second-order valence-corrected chi connectivity index (χ2v) is 14.1. The zero-order valence-corrected chi connectivity index (χ0v) is 25.4. The predicted octanol–water partition coefficient (Wildman–Crippen LogP) is 6.31. The van der Waals surface area contributed by atoms with Crippen molar-refractivity contribution in [2.75, 3.05) is 16.2 Å². The van der Waals surface area contributed by atoms with Gasteiger partial charge in [0.1, 0.15) is 23.0 Å². The Balaban J connectivity index is 1.63. The number of fused-ring (bicyclic) bond motifs is 1. The van der Waals surface area contributed by atoms with Gasteiger partial charge in [0.15, 0.2) is 0 Å². The third kappa shape index (κ3) is 6.73. The van der Waals surface area contributed by atoms with Crippen molar-refractivity contribution in [3.05, 3.63) is 119 Å². The van der Waals surface area contributed by atoms with Gasteiger partial charge in [-0.05, 0) is 36.4 Å². The van der Waals surface area contributed by atoms with Gasteiger partial charge in [0.25, 0.3) is 0 Å². The Morgan fingerprint density at radius 3 is 1.93 bits per heavy atom. The summed E-state index contributed by atoms with van der Waals surface area (Å²) >= 11 is 0. The van der Waals surface area contributed by atoms with Gasteiger partial charge in [-0.2, -0.15) is 22.0 Å². The molecule has 15 heteroatoms. The molecule has 7 nitrogen and oxygen atoms in total. The summed E-state index contributed by atoms with van der Waals surface area (Å²) in [5.74, 6) is 1.99. The van der Waals surface area contributed by atoms with Crippen LogP contribution in [0.2, 0.25) is 0 Å². The molecule has 0 fully saturated rings. The highest BCUT2D eigenvalue weighted by Gasteiger charge is 2.35. The summed E-state index contributed by atoms with van der Waals surface area (Å²) in [5.41, 5.74) is -1.39. The summed E-state index contributed by atoms with van der Waals surface area (Å²) in [6, 6.07) is 15.9. The van der Waals surface area contributed by atoms with E-state index in [0.717, 1.165) is 23.3 Å². The first-order valence-electron chi connectivity index (χ1n) is 13.1. The molecule has 1 heterocycles. The number of hydrogen-bond acceptors (Lipinski definition) is 5. The van der Waals surface area contributed by atoms with E-state index >= 15 is 0 Å². The fourth-order valence-electron chi connectivity index (χ4n) is 4.89. The molecule has 0 N–H and O–H groups in total. The van der Waals surface area contributed by atoms with Crippen LogP contribution in [0.1, 0.15) is 22.3 Å². The molecule has 0 saturated heterocycles. The predicted molar refractivity (Wildman–Crippen MR) is 160 cm³/mol. The van der Waals surface area contributed by atoms with Crippen LogP contribution in [0.3, 0.4) is 0 Å². The lowest BCUT2D eigenvalue weighted by Crippen LogP contribution is -2.35. The average Bonchev–Trinajstić information content (AvgIpc) is 3.30. The summed E-state index contributed by atoms with van der Waals surface area (Å²) in [6.07, 6.45) is -3.32. The lowest BCUT2D eigenvalue weighted by molar-refractivity contribution is -0.136. The largest absolute Gasteiger partial charge is 0.418 e. The third-order valence-electron chi connectivity index (χ3n) is 6.64. The highest BCUT2D eigenvalue weighted by Crippen LogP contribution is 2.38. The van der Waals surface area contributed by atoms with Gasteiger partial charge in [-0.1, -0.05) is 42.2 Å². The second kappa shape index (κ2) is 11.8. The quantitative estimate of drug-likeness (QED) is 0.155. The number of sulfonamides is 2. The number of rotatable bonds is 6. The minimum atomic E-state index is -4.80. The minimum absolute atomic E-state index is 0.0252. The van der Waals surface area contributed by atoms with Crippen molar-refractivity contribution < 1.29 is 43.2 Å². The van der Waals surface area contributed by atoms with E-state index in [-0.39, 0.29) is 31.6 Å². The maximum absolute atomic E-state index is 14.6. The molecule has 0 atom stereocenters. The Bertz CT molecular complexity index is 2240. The first-order valence-corrected chi connectivity index (χ1v) is 16.8. The van der Waals surface area contributed by atoms with E-state index in [9.17, 15) is 43.2 Å². The molecule has 0 radical (unpaired) electrons. The van der Waals surface area contributed by atoms with Gasteiger partial charge >= 0.3 is 6.18 Å². The fraction of sp³-hybridized carbons (Fsp3) is 0.129. The Morgan fingerprint density at radius 2 is 1.35 bits per heavy atom. The molecule has 0 amide bonds. The van der Waals surface area contributed by atoms with Gasteiger partial charge in [0, 0.05) is 39.8 Å². The molecule has 0 aliphatic heterocycles. The molecule has 5 aromatic rings. The standard InChI is InChI=1S/C31H21F6N3O4S2/c1-45(41,42)40(46(2,43)44)23-9-4-7-20(15-23)13-12-19-6-3-8-21(14-19)30-24-10-5-11-26(31(35,36)37)29(24)38-39(30)18-25-27(33)16-22(32)17-28(25)34/h3-11,14-17H,18H2,1-2H3. The minimum Gasteiger partial charge on any atom is -0.259 e.